The number of urea groups is 2. The van der Waals surface area contributed by atoms with Crippen LogP contribution in [-0.4, -0.2) is 46.7 Å². The summed E-state index contributed by atoms with van der Waals surface area (Å²) in [5.74, 6) is -1.36. The Balaban J connectivity index is 1.86. The van der Waals surface area contributed by atoms with Crippen LogP contribution in [-0.2, 0) is 11.3 Å². The summed E-state index contributed by atoms with van der Waals surface area (Å²) in [7, 11) is 0. The van der Waals surface area contributed by atoms with Crippen LogP contribution in [0.1, 0.15) is 19.4 Å². The number of anilines is 1. The molecule has 9 nitrogen and oxygen atoms in total. The zero-order valence-corrected chi connectivity index (χ0v) is 18.2. The van der Waals surface area contributed by atoms with Gasteiger partial charge in [-0.2, -0.15) is 0 Å². The van der Waals surface area contributed by atoms with E-state index in [9.17, 15) is 18.8 Å². The van der Waals surface area contributed by atoms with Crippen molar-refractivity contribution in [1.29, 1.82) is 0 Å². The van der Waals surface area contributed by atoms with Gasteiger partial charge in [0.05, 0.1) is 12.6 Å². The average molecular weight is 464 g/mol. The fraction of sp³-hybridized carbons (Fsp3) is 0.286. The molecule has 2 aromatic carbocycles. The highest BCUT2D eigenvalue weighted by molar-refractivity contribution is 6.30. The van der Waals surface area contributed by atoms with Crippen molar-refractivity contribution in [1.82, 2.24) is 15.1 Å². The molecule has 3 rings (SSSR count). The first-order valence-electron chi connectivity index (χ1n) is 9.78. The Hall–Kier alpha value is -3.53. The van der Waals surface area contributed by atoms with Crippen molar-refractivity contribution < 1.29 is 23.5 Å². The van der Waals surface area contributed by atoms with Crippen molar-refractivity contribution in [3.05, 3.63) is 58.9 Å². The third-order valence-electron chi connectivity index (χ3n) is 4.47. The van der Waals surface area contributed by atoms with E-state index < -0.39 is 36.6 Å². The Morgan fingerprint density at radius 2 is 1.94 bits per heavy atom. The molecule has 1 fully saturated rings. The highest BCUT2D eigenvalue weighted by atomic mass is 35.5. The number of imide groups is 1. The molecule has 0 spiro atoms. The molecule has 0 aliphatic carbocycles. The lowest BCUT2D eigenvalue weighted by Gasteiger charge is -2.41. The van der Waals surface area contributed by atoms with Gasteiger partial charge >= 0.3 is 12.1 Å². The fourth-order valence-electron chi connectivity index (χ4n) is 3.08. The van der Waals surface area contributed by atoms with Crippen LogP contribution in [0.2, 0.25) is 5.02 Å². The number of halogens is 2. The summed E-state index contributed by atoms with van der Waals surface area (Å²) in [4.78, 5) is 38.8. The number of benzene rings is 2. The number of nitrogens with zero attached hydrogens (tertiary/aromatic N) is 2. The number of nitrogens with one attached hydrogen (secondary N) is 2. The quantitative estimate of drug-likeness (QED) is 0.556. The van der Waals surface area contributed by atoms with Crippen LogP contribution < -0.4 is 21.1 Å². The number of carbonyl (C=O) groups is 3. The minimum absolute atomic E-state index is 0.0697. The molecule has 11 heteroatoms. The minimum Gasteiger partial charge on any atom is -0.488 e. The summed E-state index contributed by atoms with van der Waals surface area (Å²) in [5.41, 5.74) is 6.20. The van der Waals surface area contributed by atoms with Crippen LogP contribution in [0, 0.1) is 5.82 Å². The van der Waals surface area contributed by atoms with E-state index in [4.69, 9.17) is 22.1 Å². The van der Waals surface area contributed by atoms with Crippen LogP contribution in [0.15, 0.2) is 42.5 Å². The van der Waals surface area contributed by atoms with Crippen LogP contribution >= 0.6 is 11.6 Å². The highest BCUT2D eigenvalue weighted by Gasteiger charge is 2.39. The molecule has 1 heterocycles. The van der Waals surface area contributed by atoms with E-state index in [0.29, 0.717) is 15.6 Å². The maximum absolute atomic E-state index is 14.4. The molecule has 0 saturated carbocycles. The summed E-state index contributed by atoms with van der Waals surface area (Å²) < 4.78 is 19.8. The van der Waals surface area contributed by atoms with Gasteiger partial charge in [0.2, 0.25) is 5.91 Å². The summed E-state index contributed by atoms with van der Waals surface area (Å²) in [6, 6.07) is 9.44. The summed E-state index contributed by atoms with van der Waals surface area (Å²) in [6.45, 7) is 3.05. The maximum atomic E-state index is 14.4. The molecular formula is C21H23ClFN5O4. The SMILES string of the molecule is CC(C)Oc1ccc(NC2NC(=O)N(CC(N)=O)C(=O)N2Cc2ccc(Cl)cc2)cc1F. The third-order valence-corrected chi connectivity index (χ3v) is 4.72. The normalized spacial score (nSPS) is 16.2. The van der Waals surface area contributed by atoms with Crippen LogP contribution in [0.25, 0.3) is 0 Å². The number of hydrogen-bond acceptors (Lipinski definition) is 5. The second-order valence-corrected chi connectivity index (χ2v) is 7.83. The summed E-state index contributed by atoms with van der Waals surface area (Å²) in [6.07, 6.45) is -1.23. The first kappa shape index (κ1) is 23.1. The predicted octanol–water partition coefficient (Wildman–Crippen LogP) is 3.09. The van der Waals surface area contributed by atoms with Gasteiger partial charge in [-0.1, -0.05) is 23.7 Å². The molecular weight excluding hydrogens is 441 g/mol. The zero-order valence-electron chi connectivity index (χ0n) is 17.5. The average Bonchev–Trinajstić information content (AvgIpc) is 2.71. The largest absolute Gasteiger partial charge is 0.488 e. The monoisotopic (exact) mass is 463 g/mol. The van der Waals surface area contributed by atoms with Crippen molar-refractivity contribution in [3.8, 4) is 5.75 Å². The van der Waals surface area contributed by atoms with E-state index in [1.54, 1.807) is 44.2 Å². The van der Waals surface area contributed by atoms with Crippen LogP contribution in [0.3, 0.4) is 0 Å². The van der Waals surface area contributed by atoms with Gasteiger partial charge in [0, 0.05) is 16.8 Å². The Kier molecular flexibility index (Phi) is 7.04. The van der Waals surface area contributed by atoms with Gasteiger partial charge in [-0.25, -0.2) is 18.9 Å². The van der Waals surface area contributed by atoms with Gasteiger partial charge in [-0.3, -0.25) is 15.0 Å². The number of hydrogen-bond donors (Lipinski definition) is 3. The van der Waals surface area contributed by atoms with E-state index in [0.717, 1.165) is 5.56 Å². The molecule has 2 aromatic rings. The molecule has 32 heavy (non-hydrogen) atoms. The third kappa shape index (κ3) is 5.58. The molecule has 1 saturated heterocycles. The second kappa shape index (κ2) is 9.73. The standard InChI is InChI=1S/C21H23ClFN5O4/c1-12(2)32-17-8-7-15(9-16(17)23)25-19-26-20(30)28(11-18(24)29)21(31)27(19)10-13-3-5-14(22)6-4-13/h3-9,12,19,25H,10-11H2,1-2H3,(H2,24,29)(H,26,30). The number of ether oxygens (including phenoxy) is 1. The van der Waals surface area contributed by atoms with Gasteiger partial charge < -0.3 is 15.8 Å². The first-order valence-corrected chi connectivity index (χ1v) is 10.2. The van der Waals surface area contributed by atoms with Gasteiger partial charge in [-0.15, -0.1) is 0 Å². The van der Waals surface area contributed by atoms with E-state index in [2.05, 4.69) is 10.6 Å². The predicted molar refractivity (Wildman–Crippen MR) is 116 cm³/mol. The molecule has 1 unspecified atom stereocenters. The first-order chi connectivity index (χ1) is 15.1. The van der Waals surface area contributed by atoms with Crippen LogP contribution in [0.5, 0.6) is 5.75 Å². The van der Waals surface area contributed by atoms with Crippen molar-refractivity contribution in [2.45, 2.75) is 32.8 Å². The van der Waals surface area contributed by atoms with E-state index >= 15 is 0 Å². The Bertz CT molecular complexity index is 1020. The Morgan fingerprint density at radius 3 is 2.53 bits per heavy atom. The number of amides is 5. The van der Waals surface area contributed by atoms with E-state index in [1.807, 2.05) is 0 Å². The summed E-state index contributed by atoms with van der Waals surface area (Å²) in [5, 5.41) is 6.04. The summed E-state index contributed by atoms with van der Waals surface area (Å²) >= 11 is 5.92. The van der Waals surface area contributed by atoms with Gasteiger partial charge in [0.15, 0.2) is 17.9 Å². The molecule has 1 aliphatic rings. The number of rotatable bonds is 8. The number of carbonyl (C=O) groups excluding carboxylic acids is 3. The lowest BCUT2D eigenvalue weighted by molar-refractivity contribution is -0.118. The van der Waals surface area contributed by atoms with Crippen molar-refractivity contribution in [2.75, 3.05) is 11.9 Å². The Morgan fingerprint density at radius 1 is 1.25 bits per heavy atom. The Labute approximate surface area is 189 Å². The lowest BCUT2D eigenvalue weighted by atomic mass is 10.2. The van der Waals surface area contributed by atoms with E-state index in [-0.39, 0.29) is 18.4 Å². The molecule has 1 atom stereocenters. The number of primary amides is 1. The highest BCUT2D eigenvalue weighted by Crippen LogP contribution is 2.24. The van der Waals surface area contributed by atoms with Crippen molar-refractivity contribution in [2.24, 2.45) is 5.73 Å². The fourth-order valence-corrected chi connectivity index (χ4v) is 3.20. The van der Waals surface area contributed by atoms with Crippen molar-refractivity contribution in [3.63, 3.8) is 0 Å². The molecule has 4 N–H and O–H groups in total. The van der Waals surface area contributed by atoms with E-state index in [1.165, 1.54) is 17.0 Å². The second-order valence-electron chi connectivity index (χ2n) is 7.40. The minimum atomic E-state index is -1.02. The smallest absolute Gasteiger partial charge is 0.332 e. The molecule has 170 valence electrons. The van der Waals surface area contributed by atoms with Gasteiger partial charge in [0.25, 0.3) is 0 Å². The van der Waals surface area contributed by atoms with Gasteiger partial charge in [0.1, 0.15) is 6.54 Å². The number of nitrogens with two attached hydrogens (primary N) is 1. The van der Waals surface area contributed by atoms with Crippen LogP contribution in [0.4, 0.5) is 19.7 Å². The molecule has 5 amide bonds. The lowest BCUT2D eigenvalue weighted by Crippen LogP contribution is -2.67. The maximum Gasteiger partial charge on any atom is 0.332 e. The van der Waals surface area contributed by atoms with Crippen molar-refractivity contribution >= 4 is 35.3 Å². The molecule has 0 bridgehead atoms. The molecule has 0 aromatic heterocycles. The zero-order chi connectivity index (χ0) is 23.4. The van der Waals surface area contributed by atoms with Gasteiger partial charge in [-0.05, 0) is 43.7 Å². The topological polar surface area (TPSA) is 117 Å². The molecule has 1 aliphatic heterocycles. The molecule has 0 radical (unpaired) electrons.